The van der Waals surface area contributed by atoms with Crippen LogP contribution in [0.4, 0.5) is 5.69 Å². The molecule has 5 nitrogen and oxygen atoms in total. The van der Waals surface area contributed by atoms with Crippen LogP contribution in [0.15, 0.2) is 48.5 Å². The number of nitro benzene ring substituents is 1. The van der Waals surface area contributed by atoms with E-state index in [-0.39, 0.29) is 17.5 Å². The third-order valence-electron chi connectivity index (χ3n) is 4.24. The van der Waals surface area contributed by atoms with Gasteiger partial charge in [-0.15, -0.1) is 0 Å². The molecule has 118 valence electrons. The number of non-ortho nitro benzene ring substituents is 1. The number of carbonyl (C=O) groups excluding carboxylic acids is 1. The van der Waals surface area contributed by atoms with E-state index in [1.807, 2.05) is 30.3 Å². The lowest BCUT2D eigenvalue weighted by Gasteiger charge is -2.15. The van der Waals surface area contributed by atoms with Gasteiger partial charge in [0.2, 0.25) is 0 Å². The van der Waals surface area contributed by atoms with Gasteiger partial charge in [-0.3, -0.25) is 14.9 Å². The largest absolute Gasteiger partial charge is 0.309 e. The van der Waals surface area contributed by atoms with Crippen molar-refractivity contribution in [3.8, 4) is 0 Å². The second-order valence-corrected chi connectivity index (χ2v) is 5.83. The number of nitro groups is 1. The smallest absolute Gasteiger partial charge is 0.270 e. The minimum Gasteiger partial charge on any atom is -0.309 e. The average molecular weight is 310 g/mol. The van der Waals surface area contributed by atoms with Crippen LogP contribution < -0.4 is 5.32 Å². The zero-order valence-electron chi connectivity index (χ0n) is 12.7. The van der Waals surface area contributed by atoms with E-state index in [1.165, 1.54) is 17.7 Å². The van der Waals surface area contributed by atoms with Gasteiger partial charge in [0.1, 0.15) is 0 Å². The van der Waals surface area contributed by atoms with Gasteiger partial charge in [-0.2, -0.15) is 0 Å². The third kappa shape index (κ3) is 3.63. The zero-order chi connectivity index (χ0) is 16.2. The highest BCUT2D eigenvalue weighted by Gasteiger charge is 2.24. The molecule has 2 aromatic rings. The van der Waals surface area contributed by atoms with Crippen LogP contribution in [0.25, 0.3) is 0 Å². The molecule has 0 radical (unpaired) electrons. The molecule has 0 amide bonds. The number of Topliss-reactive ketones (excluding diaryl/α,β-unsaturated/α-hetero) is 1. The Hall–Kier alpha value is -2.53. The van der Waals surface area contributed by atoms with Crippen molar-refractivity contribution in [1.29, 1.82) is 0 Å². The summed E-state index contributed by atoms with van der Waals surface area (Å²) < 4.78 is 0. The van der Waals surface area contributed by atoms with E-state index in [9.17, 15) is 14.9 Å². The van der Waals surface area contributed by atoms with Gasteiger partial charge in [0, 0.05) is 36.7 Å². The van der Waals surface area contributed by atoms with Crippen LogP contribution in [0, 0.1) is 10.1 Å². The number of fused-ring (bicyclic) bond motifs is 1. The Morgan fingerprint density at radius 1 is 1.17 bits per heavy atom. The molecular weight excluding hydrogens is 292 g/mol. The maximum atomic E-state index is 12.4. The number of nitrogens with one attached hydrogen (secondary N) is 1. The van der Waals surface area contributed by atoms with Crippen molar-refractivity contribution in [3.05, 3.63) is 75.3 Å². The Labute approximate surface area is 134 Å². The molecule has 0 heterocycles. The van der Waals surface area contributed by atoms with Crippen molar-refractivity contribution in [2.24, 2.45) is 0 Å². The zero-order valence-corrected chi connectivity index (χ0v) is 12.7. The second kappa shape index (κ2) is 6.71. The molecule has 1 atom stereocenters. The first-order valence-corrected chi connectivity index (χ1v) is 7.71. The van der Waals surface area contributed by atoms with E-state index in [0.717, 1.165) is 24.9 Å². The monoisotopic (exact) mass is 310 g/mol. The highest BCUT2D eigenvalue weighted by Crippen LogP contribution is 2.25. The van der Waals surface area contributed by atoms with Gasteiger partial charge in [0.05, 0.1) is 4.92 Å². The van der Waals surface area contributed by atoms with Crippen molar-refractivity contribution in [2.45, 2.75) is 31.8 Å². The number of rotatable bonds is 4. The van der Waals surface area contributed by atoms with Crippen LogP contribution in [0.1, 0.15) is 34.3 Å². The first-order valence-electron chi connectivity index (χ1n) is 7.71. The molecule has 0 aromatic heterocycles. The van der Waals surface area contributed by atoms with Gasteiger partial charge in [-0.1, -0.05) is 36.4 Å². The molecule has 0 bridgehead atoms. The van der Waals surface area contributed by atoms with Gasteiger partial charge in [0.15, 0.2) is 5.78 Å². The first-order chi connectivity index (χ1) is 11.1. The molecule has 1 aliphatic carbocycles. The summed E-state index contributed by atoms with van der Waals surface area (Å²) in [7, 11) is 0. The quantitative estimate of drug-likeness (QED) is 0.534. The van der Waals surface area contributed by atoms with Crippen LogP contribution in [0.5, 0.6) is 0 Å². The summed E-state index contributed by atoms with van der Waals surface area (Å²) in [6.07, 6.45) is 1.98. The molecule has 2 aromatic carbocycles. The molecule has 5 heteroatoms. The van der Waals surface area contributed by atoms with E-state index < -0.39 is 4.92 Å². The van der Waals surface area contributed by atoms with Crippen molar-refractivity contribution >= 4 is 11.5 Å². The summed E-state index contributed by atoms with van der Waals surface area (Å²) in [5.74, 6) is -0.0215. The summed E-state index contributed by atoms with van der Waals surface area (Å²) in [5, 5.41) is 14.3. The Bertz CT molecular complexity index is 728. The Kier molecular flexibility index (Phi) is 4.48. The van der Waals surface area contributed by atoms with Crippen molar-refractivity contribution < 1.29 is 9.72 Å². The van der Waals surface area contributed by atoms with Gasteiger partial charge < -0.3 is 5.32 Å². The molecule has 1 aliphatic rings. The molecule has 0 saturated carbocycles. The van der Waals surface area contributed by atoms with Gasteiger partial charge in [-0.05, 0) is 24.0 Å². The van der Waals surface area contributed by atoms with E-state index in [0.29, 0.717) is 12.0 Å². The van der Waals surface area contributed by atoms with Gasteiger partial charge in [0.25, 0.3) is 5.69 Å². The number of benzene rings is 2. The lowest BCUT2D eigenvalue weighted by molar-refractivity contribution is -0.384. The minimum absolute atomic E-state index is 0.0206. The molecule has 0 aliphatic heterocycles. The normalized spacial score (nSPS) is 17.4. The van der Waals surface area contributed by atoms with Crippen LogP contribution >= 0.6 is 0 Å². The van der Waals surface area contributed by atoms with E-state index in [2.05, 4.69) is 5.32 Å². The van der Waals surface area contributed by atoms with Crippen LogP contribution in [-0.2, 0) is 13.0 Å². The predicted molar refractivity (Wildman–Crippen MR) is 87.4 cm³/mol. The van der Waals surface area contributed by atoms with Crippen molar-refractivity contribution in [1.82, 2.24) is 5.32 Å². The summed E-state index contributed by atoms with van der Waals surface area (Å²) in [4.78, 5) is 22.9. The fourth-order valence-corrected chi connectivity index (χ4v) is 2.95. The topological polar surface area (TPSA) is 72.2 Å². The summed E-state index contributed by atoms with van der Waals surface area (Å²) in [6.45, 7) is 0.718. The molecule has 0 saturated heterocycles. The molecule has 0 spiro atoms. The first kappa shape index (κ1) is 15.4. The molecule has 1 N–H and O–H groups in total. The molecule has 0 fully saturated rings. The number of hydrogen-bond donors (Lipinski definition) is 1. The van der Waals surface area contributed by atoms with E-state index >= 15 is 0 Å². The third-order valence-corrected chi connectivity index (χ3v) is 4.24. The Morgan fingerprint density at radius 3 is 2.70 bits per heavy atom. The summed E-state index contributed by atoms with van der Waals surface area (Å²) in [6, 6.07) is 14.7. The van der Waals surface area contributed by atoms with Crippen LogP contribution in [0.3, 0.4) is 0 Å². The number of carbonyl (C=O) groups is 1. The molecule has 3 rings (SSSR count). The van der Waals surface area contributed by atoms with E-state index in [1.54, 1.807) is 6.07 Å². The molecule has 23 heavy (non-hydrogen) atoms. The molecular formula is C18H18N2O3. The number of hydrogen-bond acceptors (Lipinski definition) is 4. The highest BCUT2D eigenvalue weighted by atomic mass is 16.6. The lowest BCUT2D eigenvalue weighted by Crippen LogP contribution is -2.30. The van der Waals surface area contributed by atoms with Gasteiger partial charge in [-0.25, -0.2) is 0 Å². The second-order valence-electron chi connectivity index (χ2n) is 5.83. The maximum absolute atomic E-state index is 12.4. The van der Waals surface area contributed by atoms with Gasteiger partial charge >= 0.3 is 0 Å². The van der Waals surface area contributed by atoms with Crippen LogP contribution in [-0.4, -0.2) is 16.7 Å². The highest BCUT2D eigenvalue weighted by molar-refractivity contribution is 5.98. The minimum atomic E-state index is -0.455. The fourth-order valence-electron chi connectivity index (χ4n) is 2.95. The Morgan fingerprint density at radius 2 is 1.96 bits per heavy atom. The maximum Gasteiger partial charge on any atom is 0.270 e. The summed E-state index contributed by atoms with van der Waals surface area (Å²) >= 11 is 0. The summed E-state index contributed by atoms with van der Waals surface area (Å²) in [5.41, 5.74) is 2.57. The van der Waals surface area contributed by atoms with E-state index in [4.69, 9.17) is 0 Å². The Balaban J connectivity index is 1.70. The molecule has 1 unspecified atom stereocenters. The fraction of sp³-hybridized carbons (Fsp3) is 0.278. The number of aryl methyl sites for hydroxylation is 1. The van der Waals surface area contributed by atoms with Crippen LogP contribution in [0.2, 0.25) is 0 Å². The number of nitrogens with zero attached hydrogens (tertiary/aromatic N) is 1. The van der Waals surface area contributed by atoms with Crippen molar-refractivity contribution in [3.63, 3.8) is 0 Å². The number of ketones is 1. The average Bonchev–Trinajstić information content (AvgIpc) is 2.73. The SMILES string of the molecule is O=C1CC(NCc2ccccc2)CCc2ccc([N+](=O)[O-])cc21. The lowest BCUT2D eigenvalue weighted by atomic mass is 10.0. The predicted octanol–water partition coefficient (Wildman–Crippen LogP) is 3.27. The van der Waals surface area contributed by atoms with Crippen molar-refractivity contribution in [2.75, 3.05) is 0 Å². The standard InChI is InChI=1S/C18H18N2O3/c21-18-10-15(19-12-13-4-2-1-3-5-13)8-6-14-7-9-16(20(22)23)11-17(14)18/h1-5,7,9,11,15,19H,6,8,10,12H2.